The van der Waals surface area contributed by atoms with Gasteiger partial charge in [0.1, 0.15) is 6.54 Å². The normalized spacial score (nSPS) is 20.6. The van der Waals surface area contributed by atoms with Crippen LogP contribution >= 0.6 is 0 Å². The van der Waals surface area contributed by atoms with Crippen molar-refractivity contribution in [1.29, 1.82) is 0 Å². The van der Waals surface area contributed by atoms with Crippen LogP contribution in [0.2, 0.25) is 0 Å². The minimum Gasteiger partial charge on any atom is -0.320 e. The molecule has 1 aliphatic heterocycles. The average Bonchev–Trinajstić information content (AvgIpc) is 2.19. The molecule has 0 aromatic heterocycles. The van der Waals surface area contributed by atoms with Crippen LogP contribution in [-0.2, 0) is 6.54 Å². The van der Waals surface area contributed by atoms with Crippen LogP contribution in [0.25, 0.3) is 0 Å². The maximum absolute atomic E-state index is 4.40. The van der Waals surface area contributed by atoms with Gasteiger partial charge in [0.2, 0.25) is 0 Å². The van der Waals surface area contributed by atoms with E-state index in [1.807, 2.05) is 0 Å². The van der Waals surface area contributed by atoms with Gasteiger partial charge in [-0.1, -0.05) is 30.3 Å². The molecular formula is C12H18N2+. The van der Waals surface area contributed by atoms with Crippen LogP contribution in [-0.4, -0.2) is 37.7 Å². The molecular weight excluding hydrogens is 172 g/mol. The Bertz CT molecular complexity index is 276. The number of benzene rings is 1. The van der Waals surface area contributed by atoms with Gasteiger partial charge in [-0.2, -0.15) is 0 Å². The lowest BCUT2D eigenvalue weighted by molar-refractivity contribution is -0.924. The molecule has 2 rings (SSSR count). The second kappa shape index (κ2) is 4.11. The minimum atomic E-state index is 1.03. The van der Waals surface area contributed by atoms with Crippen molar-refractivity contribution in [3.63, 3.8) is 0 Å². The summed E-state index contributed by atoms with van der Waals surface area (Å²) in [6.07, 6.45) is 0. The first-order chi connectivity index (χ1) is 6.79. The molecule has 75 valence electrons. The molecule has 1 aromatic rings. The molecule has 1 aromatic carbocycles. The molecule has 0 aliphatic carbocycles. The van der Waals surface area contributed by atoms with Gasteiger partial charge in [-0.05, 0) is 0 Å². The minimum absolute atomic E-state index is 1.03. The Morgan fingerprint density at radius 3 is 2.43 bits per heavy atom. The highest BCUT2D eigenvalue weighted by Crippen LogP contribution is 2.12. The molecule has 0 amide bonds. The third-order valence-electron chi connectivity index (χ3n) is 3.00. The highest BCUT2D eigenvalue weighted by atomic mass is 15.4. The highest BCUT2D eigenvalue weighted by Gasteiger charge is 2.24. The Kier molecular flexibility index (Phi) is 2.85. The summed E-state index contributed by atoms with van der Waals surface area (Å²) in [5.41, 5.74) is 1.44. The summed E-state index contributed by atoms with van der Waals surface area (Å²) in [5.74, 6) is 0. The van der Waals surface area contributed by atoms with Gasteiger partial charge in [-0.25, -0.2) is 5.32 Å². The van der Waals surface area contributed by atoms with Crippen molar-refractivity contribution >= 4 is 0 Å². The molecule has 14 heavy (non-hydrogen) atoms. The first-order valence-corrected chi connectivity index (χ1v) is 5.29. The van der Waals surface area contributed by atoms with E-state index in [4.69, 9.17) is 0 Å². The Labute approximate surface area is 86.1 Å². The number of piperazine rings is 1. The van der Waals surface area contributed by atoms with E-state index in [0.717, 1.165) is 24.1 Å². The fourth-order valence-electron chi connectivity index (χ4n) is 2.03. The molecule has 2 heteroatoms. The predicted molar refractivity (Wildman–Crippen MR) is 57.9 cm³/mol. The van der Waals surface area contributed by atoms with Crippen molar-refractivity contribution in [3.8, 4) is 0 Å². The molecule has 0 saturated carbocycles. The Hall–Kier alpha value is -0.860. The fraction of sp³-hybridized carbons (Fsp3) is 0.500. The Morgan fingerprint density at radius 1 is 1.14 bits per heavy atom. The number of likely N-dealkylation sites (N-methyl/N-ethyl adjacent to an activating group) is 1. The van der Waals surface area contributed by atoms with Gasteiger partial charge in [0.15, 0.2) is 0 Å². The van der Waals surface area contributed by atoms with E-state index in [-0.39, 0.29) is 0 Å². The van der Waals surface area contributed by atoms with Crippen LogP contribution in [0.15, 0.2) is 30.3 Å². The molecule has 1 fully saturated rings. The van der Waals surface area contributed by atoms with Crippen LogP contribution in [0.1, 0.15) is 5.56 Å². The lowest BCUT2D eigenvalue weighted by atomic mass is 10.1. The number of quaternary nitrogens is 1. The van der Waals surface area contributed by atoms with Crippen LogP contribution in [0.3, 0.4) is 0 Å². The SMILES string of the molecule is C[N+]1(Cc2ccccc2)CC[N]CC1. The van der Waals surface area contributed by atoms with Crippen molar-refractivity contribution in [3.05, 3.63) is 35.9 Å². The summed E-state index contributed by atoms with van der Waals surface area (Å²) in [6.45, 7) is 5.59. The number of hydrogen-bond acceptors (Lipinski definition) is 0. The zero-order valence-electron chi connectivity index (χ0n) is 8.82. The maximum atomic E-state index is 4.40. The van der Waals surface area contributed by atoms with E-state index in [1.54, 1.807) is 0 Å². The summed E-state index contributed by atoms with van der Waals surface area (Å²) in [7, 11) is 2.34. The molecule has 0 unspecified atom stereocenters. The highest BCUT2D eigenvalue weighted by molar-refractivity contribution is 5.13. The standard InChI is InChI=1S/C12H18N2/c1-14(9-7-13-8-10-14)11-12-5-3-2-4-6-12/h2-6H,7-11H2,1H3/q+1. The Balaban J connectivity index is 2.02. The summed E-state index contributed by atoms with van der Waals surface area (Å²) in [4.78, 5) is 0. The van der Waals surface area contributed by atoms with Crippen LogP contribution in [0, 0.1) is 0 Å². The van der Waals surface area contributed by atoms with Gasteiger partial charge in [0, 0.05) is 5.56 Å². The first kappa shape index (κ1) is 9.69. The van der Waals surface area contributed by atoms with Crippen molar-refractivity contribution in [2.75, 3.05) is 33.2 Å². The van der Waals surface area contributed by atoms with Crippen molar-refractivity contribution in [2.24, 2.45) is 0 Å². The van der Waals surface area contributed by atoms with E-state index in [2.05, 4.69) is 42.7 Å². The summed E-state index contributed by atoms with van der Waals surface area (Å²) in [5, 5.41) is 4.40. The second-order valence-corrected chi connectivity index (χ2v) is 4.38. The average molecular weight is 190 g/mol. The van der Waals surface area contributed by atoms with Crippen molar-refractivity contribution in [2.45, 2.75) is 6.54 Å². The number of hydrogen-bond donors (Lipinski definition) is 0. The monoisotopic (exact) mass is 190 g/mol. The quantitative estimate of drug-likeness (QED) is 0.623. The topological polar surface area (TPSA) is 14.1 Å². The molecule has 0 bridgehead atoms. The van der Waals surface area contributed by atoms with Gasteiger partial charge >= 0.3 is 0 Å². The van der Waals surface area contributed by atoms with Crippen LogP contribution < -0.4 is 5.32 Å². The van der Waals surface area contributed by atoms with Gasteiger partial charge < -0.3 is 4.48 Å². The van der Waals surface area contributed by atoms with Crippen molar-refractivity contribution < 1.29 is 4.48 Å². The van der Waals surface area contributed by atoms with Gasteiger partial charge in [0.05, 0.1) is 33.2 Å². The van der Waals surface area contributed by atoms with E-state index in [0.29, 0.717) is 0 Å². The summed E-state index contributed by atoms with van der Waals surface area (Å²) in [6, 6.07) is 10.8. The zero-order valence-corrected chi connectivity index (χ0v) is 8.82. The third-order valence-corrected chi connectivity index (χ3v) is 3.00. The van der Waals surface area contributed by atoms with Crippen LogP contribution in [0.5, 0.6) is 0 Å². The molecule has 1 radical (unpaired) electrons. The van der Waals surface area contributed by atoms with Gasteiger partial charge in [-0.15, -0.1) is 0 Å². The zero-order chi connectivity index (χ0) is 9.86. The predicted octanol–water partition coefficient (Wildman–Crippen LogP) is 1.25. The second-order valence-electron chi connectivity index (χ2n) is 4.38. The first-order valence-electron chi connectivity index (χ1n) is 5.29. The largest absolute Gasteiger partial charge is 0.320 e. The molecule has 0 spiro atoms. The maximum Gasteiger partial charge on any atom is 0.104 e. The van der Waals surface area contributed by atoms with E-state index in [1.165, 1.54) is 18.7 Å². The van der Waals surface area contributed by atoms with Crippen molar-refractivity contribution in [1.82, 2.24) is 5.32 Å². The fourth-order valence-corrected chi connectivity index (χ4v) is 2.03. The van der Waals surface area contributed by atoms with Gasteiger partial charge in [0.25, 0.3) is 0 Å². The molecule has 1 aliphatic rings. The lowest BCUT2D eigenvalue weighted by Crippen LogP contribution is -2.53. The Morgan fingerprint density at radius 2 is 1.79 bits per heavy atom. The van der Waals surface area contributed by atoms with E-state index >= 15 is 0 Å². The van der Waals surface area contributed by atoms with Crippen LogP contribution in [0.4, 0.5) is 0 Å². The number of rotatable bonds is 2. The smallest absolute Gasteiger partial charge is 0.104 e. The lowest BCUT2D eigenvalue weighted by Gasteiger charge is -2.37. The molecule has 2 nitrogen and oxygen atoms in total. The molecule has 0 atom stereocenters. The van der Waals surface area contributed by atoms with E-state index < -0.39 is 0 Å². The van der Waals surface area contributed by atoms with Gasteiger partial charge in [-0.3, -0.25) is 0 Å². The molecule has 0 N–H and O–H groups in total. The van der Waals surface area contributed by atoms with E-state index in [9.17, 15) is 0 Å². The third kappa shape index (κ3) is 2.34. The summed E-state index contributed by atoms with van der Waals surface area (Å²) < 4.78 is 1.15. The molecule has 1 heterocycles. The molecule has 1 saturated heterocycles. The number of nitrogens with zero attached hydrogens (tertiary/aromatic N) is 2. The summed E-state index contributed by atoms with van der Waals surface area (Å²) >= 11 is 0.